The van der Waals surface area contributed by atoms with E-state index in [0.29, 0.717) is 22.4 Å². The Morgan fingerprint density at radius 1 is 1.50 bits per heavy atom. The molecule has 0 atom stereocenters. The number of rotatable bonds is 2. The Hall–Kier alpha value is -1.15. The van der Waals surface area contributed by atoms with Gasteiger partial charge in [0.2, 0.25) is 0 Å². The van der Waals surface area contributed by atoms with Gasteiger partial charge < -0.3 is 4.57 Å². The van der Waals surface area contributed by atoms with Gasteiger partial charge in [-0.1, -0.05) is 22.0 Å². The van der Waals surface area contributed by atoms with Crippen molar-refractivity contribution in [3.63, 3.8) is 0 Å². The maximum absolute atomic E-state index is 11.8. The number of allylic oxidation sites excluding steroid dienone is 2. The van der Waals surface area contributed by atoms with Crippen LogP contribution in [0.3, 0.4) is 0 Å². The molecule has 0 unspecified atom stereocenters. The molecule has 96 valence electrons. The van der Waals surface area contributed by atoms with Gasteiger partial charge in [-0.3, -0.25) is 14.3 Å². The second kappa shape index (κ2) is 4.85. The lowest BCUT2D eigenvalue weighted by Crippen LogP contribution is -2.29. The first-order valence-electron chi connectivity index (χ1n) is 5.09. The minimum Gasteiger partial charge on any atom is -0.309 e. The van der Waals surface area contributed by atoms with Crippen LogP contribution in [0.2, 0.25) is 0 Å². The molecule has 0 saturated heterocycles. The van der Waals surface area contributed by atoms with Crippen molar-refractivity contribution in [2.45, 2.75) is 13.5 Å². The molecule has 0 aliphatic rings. The molecule has 6 nitrogen and oxygen atoms in total. The van der Waals surface area contributed by atoms with Crippen LogP contribution in [-0.4, -0.2) is 19.1 Å². The monoisotopic (exact) mass is 376 g/mol. The van der Waals surface area contributed by atoms with Gasteiger partial charge in [-0.2, -0.15) is 0 Å². The average Bonchev–Trinajstić information content (AvgIpc) is 2.61. The third-order valence-electron chi connectivity index (χ3n) is 2.52. The first-order chi connectivity index (χ1) is 8.41. The maximum atomic E-state index is 11.8. The molecule has 1 N–H and O–H groups in total. The first-order valence-corrected chi connectivity index (χ1v) is 6.67. The smallest absolute Gasteiger partial charge is 0.309 e. The normalized spacial score (nSPS) is 12.3. The van der Waals surface area contributed by atoms with Crippen molar-refractivity contribution in [1.29, 1.82) is 0 Å². The lowest BCUT2D eigenvalue weighted by molar-refractivity contribution is 0.807. The summed E-state index contributed by atoms with van der Waals surface area (Å²) >= 11 is 6.62. The highest BCUT2D eigenvalue weighted by molar-refractivity contribution is 9.11. The highest BCUT2D eigenvalue weighted by Gasteiger charge is 2.14. The van der Waals surface area contributed by atoms with Crippen molar-refractivity contribution in [3.05, 3.63) is 36.1 Å². The van der Waals surface area contributed by atoms with E-state index in [1.165, 1.54) is 4.57 Å². The number of H-pyrrole nitrogens is 1. The molecule has 0 fully saturated rings. The fourth-order valence-electron chi connectivity index (χ4n) is 1.59. The second-order valence-corrected chi connectivity index (χ2v) is 5.73. The zero-order valence-electron chi connectivity index (χ0n) is 9.70. The second-order valence-electron chi connectivity index (χ2n) is 3.77. The fraction of sp³-hybridized carbons (Fsp3) is 0.300. The van der Waals surface area contributed by atoms with E-state index >= 15 is 0 Å². The number of hydrogen-bond donors (Lipinski definition) is 1. The topological polar surface area (TPSA) is 72.7 Å². The average molecular weight is 378 g/mol. The Morgan fingerprint density at radius 3 is 2.78 bits per heavy atom. The third-order valence-corrected chi connectivity index (χ3v) is 3.44. The minimum absolute atomic E-state index is 0.358. The summed E-state index contributed by atoms with van der Waals surface area (Å²) < 4.78 is 4.47. The molecule has 0 amide bonds. The number of nitrogens with one attached hydrogen (secondary N) is 1. The predicted octanol–water partition coefficient (Wildman–Crippen LogP) is 1.48. The largest absolute Gasteiger partial charge is 0.329 e. The molecule has 0 saturated carbocycles. The zero-order valence-corrected chi connectivity index (χ0v) is 12.9. The quantitative estimate of drug-likeness (QED) is 0.805. The van der Waals surface area contributed by atoms with E-state index in [4.69, 9.17) is 0 Å². The van der Waals surface area contributed by atoms with Gasteiger partial charge in [0, 0.05) is 13.6 Å². The van der Waals surface area contributed by atoms with Crippen LogP contribution in [0.5, 0.6) is 0 Å². The van der Waals surface area contributed by atoms with Crippen LogP contribution in [0.25, 0.3) is 11.2 Å². The van der Waals surface area contributed by atoms with E-state index < -0.39 is 11.2 Å². The summed E-state index contributed by atoms with van der Waals surface area (Å²) in [5.41, 5.74) is -0.186. The number of halogens is 2. The standard InChI is InChI=1S/C10H10Br2N4O2/c1-5(11)3-4-16-6-7(13-9(16)12)15(2)10(18)14-8(6)17/h3H,4H2,1-2H3,(H,14,17,18). The fourth-order valence-corrected chi connectivity index (χ4v) is 2.23. The van der Waals surface area contributed by atoms with E-state index in [2.05, 4.69) is 41.8 Å². The van der Waals surface area contributed by atoms with Gasteiger partial charge in [-0.25, -0.2) is 9.78 Å². The molecule has 2 aromatic rings. The summed E-state index contributed by atoms with van der Waals surface area (Å²) in [7, 11) is 1.57. The van der Waals surface area contributed by atoms with Crippen LogP contribution in [0.1, 0.15) is 6.92 Å². The summed E-state index contributed by atoms with van der Waals surface area (Å²) in [6, 6.07) is 0. The van der Waals surface area contributed by atoms with Crippen LogP contribution in [0.15, 0.2) is 24.9 Å². The Morgan fingerprint density at radius 2 is 2.17 bits per heavy atom. The molecule has 2 heterocycles. The van der Waals surface area contributed by atoms with E-state index in [9.17, 15) is 9.59 Å². The first kappa shape index (κ1) is 13.3. The maximum Gasteiger partial charge on any atom is 0.329 e. The summed E-state index contributed by atoms with van der Waals surface area (Å²) in [5.74, 6) is 0. The Balaban J connectivity index is 2.79. The minimum atomic E-state index is -0.475. The molecule has 0 bridgehead atoms. The lowest BCUT2D eigenvalue weighted by Gasteiger charge is -2.02. The van der Waals surface area contributed by atoms with Gasteiger partial charge in [-0.05, 0) is 27.3 Å². The van der Waals surface area contributed by atoms with Crippen LogP contribution in [0, 0.1) is 0 Å². The number of fused-ring (bicyclic) bond motifs is 1. The van der Waals surface area contributed by atoms with Crippen molar-refractivity contribution in [1.82, 2.24) is 19.1 Å². The number of hydrogen-bond acceptors (Lipinski definition) is 3. The number of aromatic nitrogens is 4. The van der Waals surface area contributed by atoms with Crippen LogP contribution < -0.4 is 11.2 Å². The SMILES string of the molecule is CC(Br)=CCn1c(Br)nc2c1c(=O)[nH]c(=O)n2C. The van der Waals surface area contributed by atoms with Crippen molar-refractivity contribution in [2.24, 2.45) is 7.05 Å². The molecule has 0 aromatic carbocycles. The Kier molecular flexibility index (Phi) is 3.58. The van der Waals surface area contributed by atoms with Gasteiger partial charge in [0.15, 0.2) is 15.9 Å². The molecule has 0 aliphatic carbocycles. The van der Waals surface area contributed by atoms with E-state index in [0.717, 1.165) is 4.48 Å². The summed E-state index contributed by atoms with van der Waals surface area (Å²) in [5, 5.41) is 0. The molecule has 2 aromatic heterocycles. The van der Waals surface area contributed by atoms with Crippen LogP contribution >= 0.6 is 31.9 Å². The molecule has 0 spiro atoms. The van der Waals surface area contributed by atoms with Crippen molar-refractivity contribution >= 4 is 43.0 Å². The third kappa shape index (κ3) is 2.22. The van der Waals surface area contributed by atoms with Gasteiger partial charge in [0.05, 0.1) is 0 Å². The summed E-state index contributed by atoms with van der Waals surface area (Å²) in [6.45, 7) is 2.38. The number of aryl methyl sites for hydroxylation is 1. The lowest BCUT2D eigenvalue weighted by atomic mass is 10.4. The molecular formula is C10H10Br2N4O2. The van der Waals surface area contributed by atoms with Crippen molar-refractivity contribution < 1.29 is 0 Å². The van der Waals surface area contributed by atoms with Crippen LogP contribution in [0.4, 0.5) is 0 Å². The number of nitrogens with zero attached hydrogens (tertiary/aromatic N) is 3. The molecule has 0 radical (unpaired) electrons. The van der Waals surface area contributed by atoms with Gasteiger partial charge >= 0.3 is 5.69 Å². The van der Waals surface area contributed by atoms with Crippen molar-refractivity contribution in [2.75, 3.05) is 0 Å². The van der Waals surface area contributed by atoms with Crippen molar-refractivity contribution in [3.8, 4) is 0 Å². The highest BCUT2D eigenvalue weighted by Crippen LogP contribution is 2.16. The zero-order chi connectivity index (χ0) is 13.4. The molecule has 8 heteroatoms. The Bertz CT molecular complexity index is 750. The summed E-state index contributed by atoms with van der Waals surface area (Å²) in [4.78, 5) is 29.8. The summed E-state index contributed by atoms with van der Waals surface area (Å²) in [6.07, 6.45) is 1.90. The highest BCUT2D eigenvalue weighted by atomic mass is 79.9. The number of aromatic amines is 1. The van der Waals surface area contributed by atoms with Gasteiger partial charge in [-0.15, -0.1) is 0 Å². The van der Waals surface area contributed by atoms with Crippen LogP contribution in [-0.2, 0) is 13.6 Å². The molecule has 0 aliphatic heterocycles. The Labute approximate surface area is 119 Å². The van der Waals surface area contributed by atoms with E-state index in [1.54, 1.807) is 11.6 Å². The van der Waals surface area contributed by atoms with Gasteiger partial charge in [0.1, 0.15) is 0 Å². The molecule has 2 rings (SSSR count). The molecule has 18 heavy (non-hydrogen) atoms. The molecular weight excluding hydrogens is 368 g/mol. The number of imidazole rings is 1. The predicted molar refractivity (Wildman–Crippen MR) is 76.0 cm³/mol. The van der Waals surface area contributed by atoms with E-state index in [1.807, 2.05) is 13.0 Å². The van der Waals surface area contributed by atoms with Gasteiger partial charge in [0.25, 0.3) is 5.56 Å². The van der Waals surface area contributed by atoms with E-state index in [-0.39, 0.29) is 0 Å².